The summed E-state index contributed by atoms with van der Waals surface area (Å²) in [4.78, 5) is 43.1. The number of rotatable bonds is 7. The normalized spacial score (nSPS) is 29.1. The second-order valence-corrected chi connectivity index (χ2v) is 12.2. The molecule has 0 aromatic heterocycles. The van der Waals surface area contributed by atoms with Crippen molar-refractivity contribution in [3.8, 4) is 5.75 Å². The molecule has 5 atom stereocenters. The smallest absolute Gasteiger partial charge is 0.255 e. The Morgan fingerprint density at radius 3 is 2.42 bits per heavy atom. The SMILES string of the molecule is CCN(Cc1cc(O)c2c(c1Cl)C[C@H]1C[C@H]3[C@H](N(C)C)C(O)=C(C(N)=O)C(=O)[C@@]3(O)C(O)=C1C2=O)[C@H](C)C1CC1. The maximum absolute atomic E-state index is 13.8. The Balaban J connectivity index is 1.61. The van der Waals surface area contributed by atoms with Gasteiger partial charge < -0.3 is 26.2 Å². The van der Waals surface area contributed by atoms with Crippen molar-refractivity contribution in [1.82, 2.24) is 9.80 Å². The van der Waals surface area contributed by atoms with Crippen molar-refractivity contribution in [2.75, 3.05) is 20.6 Å². The van der Waals surface area contributed by atoms with E-state index in [0.29, 0.717) is 34.7 Å². The van der Waals surface area contributed by atoms with Crippen LogP contribution in [0.3, 0.4) is 0 Å². The highest BCUT2D eigenvalue weighted by atomic mass is 35.5. The van der Waals surface area contributed by atoms with Crippen LogP contribution in [0.25, 0.3) is 0 Å². The van der Waals surface area contributed by atoms with Gasteiger partial charge in [-0.15, -0.1) is 0 Å². The molecule has 4 aliphatic rings. The number of carbonyl (C=O) groups excluding carboxylic acids is 3. The van der Waals surface area contributed by atoms with Gasteiger partial charge >= 0.3 is 0 Å². The zero-order chi connectivity index (χ0) is 29.4. The molecular weight excluding hydrogens is 538 g/mol. The molecule has 5 rings (SSSR count). The lowest BCUT2D eigenvalue weighted by molar-refractivity contribution is -0.148. The van der Waals surface area contributed by atoms with E-state index in [4.69, 9.17) is 17.3 Å². The lowest BCUT2D eigenvalue weighted by Gasteiger charge is -2.50. The first-order valence-electron chi connectivity index (χ1n) is 13.7. The average Bonchev–Trinajstić information content (AvgIpc) is 3.72. The molecule has 1 aromatic carbocycles. The molecule has 0 spiro atoms. The molecule has 1 saturated carbocycles. The van der Waals surface area contributed by atoms with Gasteiger partial charge in [0.2, 0.25) is 5.78 Å². The number of fused-ring (bicyclic) bond motifs is 3. The second kappa shape index (κ2) is 9.87. The van der Waals surface area contributed by atoms with E-state index in [1.165, 1.54) is 23.8 Å². The number of amides is 1. The summed E-state index contributed by atoms with van der Waals surface area (Å²) in [6.45, 7) is 5.53. The molecular formula is C29H36ClN3O7. The molecule has 0 unspecified atom stereocenters. The first-order valence-corrected chi connectivity index (χ1v) is 14.0. The van der Waals surface area contributed by atoms with Crippen LogP contribution in [0.1, 0.15) is 54.6 Å². The van der Waals surface area contributed by atoms with Crippen LogP contribution in [0, 0.1) is 17.8 Å². The number of phenols is 1. The number of aromatic hydroxyl groups is 1. The van der Waals surface area contributed by atoms with Crippen LogP contribution in [-0.2, 0) is 22.6 Å². The largest absolute Gasteiger partial charge is 0.510 e. The Morgan fingerprint density at radius 2 is 1.88 bits per heavy atom. The van der Waals surface area contributed by atoms with Crippen molar-refractivity contribution in [1.29, 1.82) is 0 Å². The summed E-state index contributed by atoms with van der Waals surface area (Å²) in [6, 6.07) is 0.781. The van der Waals surface area contributed by atoms with Crippen LogP contribution < -0.4 is 5.73 Å². The third-order valence-electron chi connectivity index (χ3n) is 9.39. The van der Waals surface area contributed by atoms with Gasteiger partial charge in [-0.1, -0.05) is 18.5 Å². The summed E-state index contributed by atoms with van der Waals surface area (Å²) in [5.41, 5.74) is 2.74. The van der Waals surface area contributed by atoms with E-state index in [-0.39, 0.29) is 29.7 Å². The van der Waals surface area contributed by atoms with Crippen molar-refractivity contribution in [2.24, 2.45) is 23.5 Å². The maximum atomic E-state index is 13.8. The number of Topliss-reactive ketones (excluding diaryl/α,β-unsaturated/α-hetero) is 2. The quantitative estimate of drug-likeness (QED) is 0.308. The van der Waals surface area contributed by atoms with Crippen LogP contribution in [-0.4, -0.2) is 86.0 Å². The van der Waals surface area contributed by atoms with Crippen molar-refractivity contribution >= 4 is 29.1 Å². The molecule has 11 heteroatoms. The van der Waals surface area contributed by atoms with Gasteiger partial charge in [0.15, 0.2) is 11.4 Å². The van der Waals surface area contributed by atoms with E-state index >= 15 is 0 Å². The topological polar surface area (TPSA) is 165 Å². The first-order chi connectivity index (χ1) is 18.7. The zero-order valence-corrected chi connectivity index (χ0v) is 23.8. The maximum Gasteiger partial charge on any atom is 0.255 e. The molecule has 6 N–H and O–H groups in total. The molecule has 0 radical (unpaired) electrons. The predicted octanol–water partition coefficient (Wildman–Crippen LogP) is 2.39. The van der Waals surface area contributed by atoms with Crippen LogP contribution in [0.15, 0.2) is 28.7 Å². The van der Waals surface area contributed by atoms with E-state index in [9.17, 15) is 34.8 Å². The third-order valence-corrected chi connectivity index (χ3v) is 9.86. The fourth-order valence-corrected chi connectivity index (χ4v) is 7.39. The van der Waals surface area contributed by atoms with Crippen LogP contribution >= 0.6 is 11.6 Å². The van der Waals surface area contributed by atoms with Crippen molar-refractivity contribution < 1.29 is 34.8 Å². The summed E-state index contributed by atoms with van der Waals surface area (Å²) < 4.78 is 0. The summed E-state index contributed by atoms with van der Waals surface area (Å²) in [6.07, 6.45) is 2.56. The molecule has 0 heterocycles. The fraction of sp³-hybridized carbons (Fsp3) is 0.552. The number of aliphatic hydroxyl groups is 3. The highest BCUT2D eigenvalue weighted by Crippen LogP contribution is 2.53. The van der Waals surface area contributed by atoms with E-state index in [0.717, 1.165) is 6.54 Å². The Morgan fingerprint density at radius 1 is 1.23 bits per heavy atom. The van der Waals surface area contributed by atoms with Crippen molar-refractivity contribution in [3.63, 3.8) is 0 Å². The summed E-state index contributed by atoms with van der Waals surface area (Å²) in [5, 5.41) is 45.4. The lowest BCUT2D eigenvalue weighted by Crippen LogP contribution is -2.63. The highest BCUT2D eigenvalue weighted by Gasteiger charge is 2.63. The average molecular weight is 574 g/mol. The van der Waals surface area contributed by atoms with Gasteiger partial charge in [-0.05, 0) is 82.3 Å². The molecule has 1 aromatic rings. The number of phenolic OH excluding ortho intramolecular Hbond substituents is 1. The molecule has 4 aliphatic carbocycles. The van der Waals surface area contributed by atoms with Gasteiger partial charge in [0.05, 0.1) is 11.6 Å². The van der Waals surface area contributed by atoms with Gasteiger partial charge in [0.25, 0.3) is 5.91 Å². The monoisotopic (exact) mass is 573 g/mol. The number of likely N-dealkylation sites (N-methyl/N-ethyl adjacent to an activating group) is 1. The van der Waals surface area contributed by atoms with E-state index in [1.807, 2.05) is 0 Å². The second-order valence-electron chi connectivity index (χ2n) is 11.8. The van der Waals surface area contributed by atoms with Gasteiger partial charge in [-0.25, -0.2) is 0 Å². The Hall–Kier alpha value is -2.92. The molecule has 216 valence electrons. The Bertz CT molecular complexity index is 1380. The minimum absolute atomic E-state index is 0.0207. The van der Waals surface area contributed by atoms with Crippen LogP contribution in [0.4, 0.5) is 0 Å². The number of ketones is 2. The summed E-state index contributed by atoms with van der Waals surface area (Å²) in [7, 11) is 3.19. The van der Waals surface area contributed by atoms with E-state index in [2.05, 4.69) is 18.7 Å². The number of halogens is 1. The number of carbonyl (C=O) groups is 3. The number of allylic oxidation sites excluding steroid dienone is 1. The molecule has 1 fully saturated rings. The molecule has 0 aliphatic heterocycles. The first kappa shape index (κ1) is 28.6. The minimum Gasteiger partial charge on any atom is -0.510 e. The summed E-state index contributed by atoms with van der Waals surface area (Å²) in [5.74, 6) is -6.14. The number of benzene rings is 1. The molecule has 10 nitrogen and oxygen atoms in total. The van der Waals surface area contributed by atoms with Crippen molar-refractivity contribution in [2.45, 2.75) is 63.8 Å². The number of aliphatic hydroxyl groups excluding tert-OH is 2. The number of nitrogens with zero attached hydrogens (tertiary/aromatic N) is 2. The number of hydrogen-bond donors (Lipinski definition) is 5. The standard InChI is InChI=1S/C29H36ClN3O7/c1-5-33(12(2)13-6-7-13)11-15-10-18(34)20-16(22(15)30)8-14-9-17-23(32(3)4)25(36)21(28(31)39)27(38)29(17,40)26(37)19(14)24(20)35/h10,12-14,17,23,34,36-37,40H,5-9,11H2,1-4H3,(H2,31,39)/t12-,14+,17+,23+,29+/m1/s1. The summed E-state index contributed by atoms with van der Waals surface area (Å²) >= 11 is 6.90. The highest BCUT2D eigenvalue weighted by molar-refractivity contribution is 6.33. The number of hydrogen-bond acceptors (Lipinski definition) is 9. The van der Waals surface area contributed by atoms with Gasteiger partial charge in [0, 0.05) is 29.1 Å². The minimum atomic E-state index is -2.66. The Kier molecular flexibility index (Phi) is 7.06. The molecule has 40 heavy (non-hydrogen) atoms. The van der Waals surface area contributed by atoms with Crippen LogP contribution in [0.5, 0.6) is 5.75 Å². The van der Waals surface area contributed by atoms with Gasteiger partial charge in [0.1, 0.15) is 22.8 Å². The fourth-order valence-electron chi connectivity index (χ4n) is 7.11. The number of nitrogens with two attached hydrogens (primary N) is 1. The Labute approximate surface area is 237 Å². The molecule has 1 amide bonds. The van der Waals surface area contributed by atoms with Crippen LogP contribution in [0.2, 0.25) is 5.02 Å². The lowest BCUT2D eigenvalue weighted by atomic mass is 9.58. The zero-order valence-electron chi connectivity index (χ0n) is 23.1. The third kappa shape index (κ3) is 4.07. The predicted molar refractivity (Wildman–Crippen MR) is 147 cm³/mol. The molecule has 0 bridgehead atoms. The van der Waals surface area contributed by atoms with Crippen molar-refractivity contribution in [3.05, 3.63) is 50.4 Å². The molecule has 0 saturated heterocycles. The van der Waals surface area contributed by atoms with E-state index < -0.39 is 58.0 Å². The van der Waals surface area contributed by atoms with E-state index in [1.54, 1.807) is 14.1 Å². The van der Waals surface area contributed by atoms with Gasteiger partial charge in [-0.3, -0.25) is 24.2 Å². The van der Waals surface area contributed by atoms with Gasteiger partial charge in [-0.2, -0.15) is 0 Å². The number of primary amides is 1.